The van der Waals surface area contributed by atoms with Gasteiger partial charge in [-0.15, -0.1) is 0 Å². The maximum absolute atomic E-state index is 13.5. The number of fused-ring (bicyclic) bond motifs is 2. The Morgan fingerprint density at radius 3 is 2.29 bits per heavy atom. The quantitative estimate of drug-likeness (QED) is 0.398. The molecule has 0 aliphatic carbocycles. The molecule has 0 saturated carbocycles. The summed E-state index contributed by atoms with van der Waals surface area (Å²) in [6.07, 6.45) is 3.55. The summed E-state index contributed by atoms with van der Waals surface area (Å²) in [4.78, 5) is 30.9. The van der Waals surface area contributed by atoms with E-state index in [1.807, 2.05) is 83.0 Å². The molecule has 0 bridgehead atoms. The van der Waals surface area contributed by atoms with Crippen molar-refractivity contribution in [1.29, 1.82) is 0 Å². The number of pyridine rings is 1. The number of imidazole rings is 1. The fraction of sp³-hybridized carbons (Fsp3) is 0.148. The lowest BCUT2D eigenvalue weighted by molar-refractivity contribution is -0.122. The number of hydrogen-bond acceptors (Lipinski definition) is 4. The largest absolute Gasteiger partial charge is 0.497 e. The molecule has 34 heavy (non-hydrogen) atoms. The zero-order chi connectivity index (χ0) is 23.7. The molecule has 1 amide bonds. The minimum atomic E-state index is -0.473. The Balaban J connectivity index is 1.56. The zero-order valence-corrected chi connectivity index (χ0v) is 18.9. The average Bonchev–Trinajstić information content (AvgIpc) is 3.30. The van der Waals surface area contributed by atoms with Crippen LogP contribution < -0.4 is 15.5 Å². The molecule has 7 nitrogen and oxygen atoms in total. The van der Waals surface area contributed by atoms with Crippen LogP contribution in [0.1, 0.15) is 17.4 Å². The maximum atomic E-state index is 13.5. The summed E-state index contributed by atoms with van der Waals surface area (Å²) >= 11 is 0. The standard InChI is InChI=1S/C27H24N4O3/c1-30-15-14-28-27(30)25(18-8-7-9-19(16-18)34-2)29-24(32)17-31-22-12-5-3-10-20(22)26(33)21-11-4-6-13-23(21)31/h3-16,25H,17H2,1-2H3,(H,29,32). The van der Waals surface area contributed by atoms with Crippen LogP contribution in [-0.4, -0.2) is 27.1 Å². The summed E-state index contributed by atoms with van der Waals surface area (Å²) in [6.45, 7) is 0.0478. The van der Waals surface area contributed by atoms with Crippen molar-refractivity contribution in [3.63, 3.8) is 0 Å². The molecule has 1 unspecified atom stereocenters. The number of methoxy groups -OCH3 is 1. The predicted octanol–water partition coefficient (Wildman–Crippen LogP) is 3.80. The fourth-order valence-corrected chi connectivity index (χ4v) is 4.37. The Morgan fingerprint density at radius 1 is 1.00 bits per heavy atom. The monoisotopic (exact) mass is 452 g/mol. The molecular formula is C27H24N4O3. The van der Waals surface area contributed by atoms with Gasteiger partial charge in [-0.3, -0.25) is 9.59 Å². The fourth-order valence-electron chi connectivity index (χ4n) is 4.37. The Hall–Kier alpha value is -4.39. The first kappa shape index (κ1) is 21.5. The molecule has 0 fully saturated rings. The van der Waals surface area contributed by atoms with Gasteiger partial charge in [0, 0.05) is 30.2 Å². The second kappa shape index (κ2) is 8.86. The minimum absolute atomic E-state index is 0.0369. The molecule has 1 atom stereocenters. The third-order valence-electron chi connectivity index (χ3n) is 6.03. The van der Waals surface area contributed by atoms with Crippen molar-refractivity contribution in [2.24, 2.45) is 7.05 Å². The van der Waals surface area contributed by atoms with Crippen LogP contribution >= 0.6 is 0 Å². The normalized spacial score (nSPS) is 12.1. The van der Waals surface area contributed by atoms with Gasteiger partial charge in [0.15, 0.2) is 5.43 Å². The van der Waals surface area contributed by atoms with Gasteiger partial charge < -0.3 is 19.2 Å². The van der Waals surface area contributed by atoms with E-state index in [9.17, 15) is 9.59 Å². The van der Waals surface area contributed by atoms with Crippen LogP contribution in [0.15, 0.2) is 90.0 Å². The number of nitrogens with zero attached hydrogens (tertiary/aromatic N) is 3. The minimum Gasteiger partial charge on any atom is -0.497 e. The zero-order valence-electron chi connectivity index (χ0n) is 18.9. The van der Waals surface area contributed by atoms with Gasteiger partial charge in [-0.2, -0.15) is 0 Å². The molecule has 0 aliphatic rings. The summed E-state index contributed by atoms with van der Waals surface area (Å²) < 4.78 is 9.16. The van der Waals surface area contributed by atoms with Crippen molar-refractivity contribution in [3.05, 3.63) is 107 Å². The Labute approximate surface area is 196 Å². The molecule has 3 aromatic carbocycles. The number of ether oxygens (including phenoxy) is 1. The second-order valence-electron chi connectivity index (χ2n) is 8.12. The van der Waals surface area contributed by atoms with Crippen LogP contribution in [0.3, 0.4) is 0 Å². The van der Waals surface area contributed by atoms with Crippen molar-refractivity contribution < 1.29 is 9.53 Å². The van der Waals surface area contributed by atoms with Gasteiger partial charge in [0.05, 0.1) is 18.1 Å². The average molecular weight is 453 g/mol. The highest BCUT2D eigenvalue weighted by molar-refractivity contribution is 5.94. The van der Waals surface area contributed by atoms with Crippen molar-refractivity contribution >= 4 is 27.7 Å². The molecule has 0 radical (unpaired) electrons. The van der Waals surface area contributed by atoms with E-state index >= 15 is 0 Å². The lowest BCUT2D eigenvalue weighted by atomic mass is 10.1. The number of benzene rings is 3. The van der Waals surface area contributed by atoms with Crippen LogP contribution in [0.2, 0.25) is 0 Å². The van der Waals surface area contributed by atoms with Crippen LogP contribution in [0.4, 0.5) is 0 Å². The first-order chi connectivity index (χ1) is 16.6. The van der Waals surface area contributed by atoms with E-state index in [2.05, 4.69) is 10.3 Å². The van der Waals surface area contributed by atoms with Crippen molar-refractivity contribution in [2.75, 3.05) is 7.11 Å². The second-order valence-corrected chi connectivity index (χ2v) is 8.12. The molecule has 0 aliphatic heterocycles. The highest BCUT2D eigenvalue weighted by atomic mass is 16.5. The van der Waals surface area contributed by atoms with Gasteiger partial charge in [-0.25, -0.2) is 4.98 Å². The topological polar surface area (TPSA) is 78.2 Å². The van der Waals surface area contributed by atoms with E-state index in [4.69, 9.17) is 4.74 Å². The Morgan fingerprint density at radius 2 is 1.68 bits per heavy atom. The number of para-hydroxylation sites is 2. The number of hydrogen-bond donors (Lipinski definition) is 1. The number of carbonyl (C=O) groups excluding carboxylic acids is 1. The molecular weight excluding hydrogens is 428 g/mol. The van der Waals surface area contributed by atoms with E-state index < -0.39 is 6.04 Å². The third-order valence-corrected chi connectivity index (χ3v) is 6.03. The van der Waals surface area contributed by atoms with E-state index in [0.29, 0.717) is 22.3 Å². The first-order valence-corrected chi connectivity index (χ1v) is 11.0. The Kier molecular flexibility index (Phi) is 5.59. The van der Waals surface area contributed by atoms with Gasteiger partial charge in [-0.05, 0) is 42.0 Å². The molecule has 0 spiro atoms. The van der Waals surface area contributed by atoms with E-state index in [-0.39, 0.29) is 17.9 Å². The lowest BCUT2D eigenvalue weighted by Gasteiger charge is -2.21. The number of nitrogens with one attached hydrogen (secondary N) is 1. The highest BCUT2D eigenvalue weighted by Crippen LogP contribution is 2.25. The summed E-state index contributed by atoms with van der Waals surface area (Å²) in [7, 11) is 3.50. The molecule has 7 heteroatoms. The SMILES string of the molecule is COc1cccc(C(NC(=O)Cn2c3ccccc3c(=O)c3ccccc32)c2nccn2C)c1. The predicted molar refractivity (Wildman–Crippen MR) is 132 cm³/mol. The molecule has 0 saturated heterocycles. The van der Waals surface area contributed by atoms with Crippen LogP contribution in [0.5, 0.6) is 5.75 Å². The molecule has 5 aromatic rings. The molecule has 1 N–H and O–H groups in total. The lowest BCUT2D eigenvalue weighted by Crippen LogP contribution is -2.34. The molecule has 5 rings (SSSR count). The highest BCUT2D eigenvalue weighted by Gasteiger charge is 2.22. The van der Waals surface area contributed by atoms with Gasteiger partial charge in [0.1, 0.15) is 24.2 Å². The van der Waals surface area contributed by atoms with Crippen molar-refractivity contribution in [3.8, 4) is 5.75 Å². The van der Waals surface area contributed by atoms with Crippen molar-refractivity contribution in [2.45, 2.75) is 12.6 Å². The number of carbonyl (C=O) groups is 1. The Bertz CT molecular complexity index is 1510. The first-order valence-electron chi connectivity index (χ1n) is 11.0. The maximum Gasteiger partial charge on any atom is 0.240 e. The summed E-state index contributed by atoms with van der Waals surface area (Å²) in [5, 5.41) is 4.31. The molecule has 2 heterocycles. The number of rotatable bonds is 6. The van der Waals surface area contributed by atoms with Crippen LogP contribution in [0.25, 0.3) is 21.8 Å². The smallest absolute Gasteiger partial charge is 0.240 e. The van der Waals surface area contributed by atoms with Gasteiger partial charge in [0.25, 0.3) is 0 Å². The molecule has 170 valence electrons. The van der Waals surface area contributed by atoms with Crippen LogP contribution in [-0.2, 0) is 18.4 Å². The van der Waals surface area contributed by atoms with E-state index in [1.54, 1.807) is 25.4 Å². The van der Waals surface area contributed by atoms with E-state index in [0.717, 1.165) is 16.6 Å². The van der Waals surface area contributed by atoms with E-state index in [1.165, 1.54) is 0 Å². The summed E-state index contributed by atoms with van der Waals surface area (Å²) in [5.74, 6) is 1.20. The number of aromatic nitrogens is 3. The number of aryl methyl sites for hydroxylation is 1. The van der Waals surface area contributed by atoms with Gasteiger partial charge in [-0.1, -0.05) is 36.4 Å². The summed E-state index contributed by atoms with van der Waals surface area (Å²) in [6, 6.07) is 21.9. The molecule has 2 aromatic heterocycles. The van der Waals surface area contributed by atoms with Gasteiger partial charge >= 0.3 is 0 Å². The number of amides is 1. The van der Waals surface area contributed by atoms with Gasteiger partial charge in [0.2, 0.25) is 5.91 Å². The summed E-state index contributed by atoms with van der Waals surface area (Å²) in [5.41, 5.74) is 2.26. The third kappa shape index (κ3) is 3.81. The van der Waals surface area contributed by atoms with Crippen LogP contribution in [0, 0.1) is 0 Å². The van der Waals surface area contributed by atoms with Crippen molar-refractivity contribution in [1.82, 2.24) is 19.4 Å².